The van der Waals surface area contributed by atoms with Crippen LogP contribution in [0.15, 0.2) is 35.4 Å². The molecule has 1 aromatic carbocycles. The molecule has 0 fully saturated rings. The highest BCUT2D eigenvalue weighted by atomic mass is 32.2. The average Bonchev–Trinajstić information content (AvgIpc) is 2.81. The van der Waals surface area contributed by atoms with Gasteiger partial charge < -0.3 is 4.98 Å². The first kappa shape index (κ1) is 13.8. The van der Waals surface area contributed by atoms with Crippen LogP contribution in [0.4, 0.5) is 0 Å². The predicted octanol–water partition coefficient (Wildman–Crippen LogP) is 2.96. The van der Waals surface area contributed by atoms with Crippen molar-refractivity contribution in [2.24, 2.45) is 5.10 Å². The molecule has 4 nitrogen and oxygen atoms in total. The lowest BCUT2D eigenvalue weighted by Crippen LogP contribution is -2.10. The number of aryl methyl sites for hydroxylation is 1. The van der Waals surface area contributed by atoms with Gasteiger partial charge in [0.25, 0.3) is 0 Å². The molecular formula is C13H14N4S2. The molecule has 0 aliphatic heterocycles. The standard InChI is InChI=1S/C13H14N4S2/c1-9-11(8-14-17-13(18)19-2)16-12(15-9)10-6-4-3-5-7-10/h3-8H,1-2H3,(H,15,16)(H,17,18). The lowest BCUT2D eigenvalue weighted by atomic mass is 10.2. The van der Waals surface area contributed by atoms with Crippen LogP contribution < -0.4 is 5.43 Å². The number of hydrogen-bond acceptors (Lipinski definition) is 4. The molecule has 0 bridgehead atoms. The first-order valence-corrected chi connectivity index (χ1v) is 7.33. The van der Waals surface area contributed by atoms with Crippen LogP contribution in [0.5, 0.6) is 0 Å². The highest BCUT2D eigenvalue weighted by Gasteiger charge is 2.06. The number of nitrogens with zero attached hydrogens (tertiary/aromatic N) is 2. The van der Waals surface area contributed by atoms with Gasteiger partial charge in [-0.05, 0) is 13.2 Å². The van der Waals surface area contributed by atoms with E-state index in [9.17, 15) is 0 Å². The second-order valence-electron chi connectivity index (χ2n) is 3.82. The molecule has 98 valence electrons. The van der Waals surface area contributed by atoms with Crippen molar-refractivity contribution >= 4 is 34.5 Å². The lowest BCUT2D eigenvalue weighted by Gasteiger charge is -1.95. The van der Waals surface area contributed by atoms with E-state index < -0.39 is 0 Å². The van der Waals surface area contributed by atoms with E-state index in [1.807, 2.05) is 43.5 Å². The largest absolute Gasteiger partial charge is 0.342 e. The van der Waals surface area contributed by atoms with Gasteiger partial charge in [-0.25, -0.2) is 4.98 Å². The first-order valence-electron chi connectivity index (χ1n) is 5.69. The number of aromatic nitrogens is 2. The molecule has 2 rings (SSSR count). The fourth-order valence-corrected chi connectivity index (χ4v) is 1.72. The maximum Gasteiger partial charge on any atom is 0.153 e. The summed E-state index contributed by atoms with van der Waals surface area (Å²) < 4.78 is 0.632. The Kier molecular flexibility index (Phi) is 4.70. The van der Waals surface area contributed by atoms with Gasteiger partial charge in [0.1, 0.15) is 11.5 Å². The van der Waals surface area contributed by atoms with E-state index in [0.717, 1.165) is 22.8 Å². The van der Waals surface area contributed by atoms with Gasteiger partial charge in [-0.2, -0.15) is 5.10 Å². The van der Waals surface area contributed by atoms with E-state index in [0.29, 0.717) is 4.32 Å². The van der Waals surface area contributed by atoms with E-state index in [-0.39, 0.29) is 0 Å². The number of thiocarbonyl (C=S) groups is 1. The fourth-order valence-electron chi connectivity index (χ4n) is 1.52. The summed E-state index contributed by atoms with van der Waals surface area (Å²) >= 11 is 6.44. The van der Waals surface area contributed by atoms with E-state index in [1.54, 1.807) is 6.21 Å². The Morgan fingerprint density at radius 3 is 2.84 bits per heavy atom. The molecule has 1 heterocycles. The summed E-state index contributed by atoms with van der Waals surface area (Å²) in [7, 11) is 0. The number of H-pyrrole nitrogens is 1. The summed E-state index contributed by atoms with van der Waals surface area (Å²) in [5.41, 5.74) is 5.59. The van der Waals surface area contributed by atoms with Crippen molar-refractivity contribution < 1.29 is 0 Å². The minimum Gasteiger partial charge on any atom is -0.342 e. The third-order valence-corrected chi connectivity index (χ3v) is 3.55. The molecule has 2 N–H and O–H groups in total. The van der Waals surface area contributed by atoms with Crippen molar-refractivity contribution in [2.75, 3.05) is 6.26 Å². The second-order valence-corrected chi connectivity index (χ2v) is 5.31. The van der Waals surface area contributed by atoms with Crippen LogP contribution in [0.25, 0.3) is 11.4 Å². The molecule has 0 radical (unpaired) electrons. The Labute approximate surface area is 121 Å². The summed E-state index contributed by atoms with van der Waals surface area (Å²) in [6.45, 7) is 1.97. The van der Waals surface area contributed by atoms with E-state index >= 15 is 0 Å². The SMILES string of the molecule is CSC(=S)NN=Cc1nc(-c2ccccc2)[nH]c1C. The molecule has 0 aliphatic rings. The molecule has 0 saturated heterocycles. The summed E-state index contributed by atoms with van der Waals surface area (Å²) in [6, 6.07) is 9.98. The number of rotatable bonds is 3. The molecule has 0 atom stereocenters. The van der Waals surface area contributed by atoms with E-state index in [2.05, 4.69) is 20.5 Å². The number of aromatic amines is 1. The fraction of sp³-hybridized carbons (Fsp3) is 0.154. The number of hydrazone groups is 1. The Morgan fingerprint density at radius 1 is 1.42 bits per heavy atom. The molecule has 0 unspecified atom stereocenters. The molecule has 0 amide bonds. The number of imidazole rings is 1. The Morgan fingerprint density at radius 2 is 2.16 bits per heavy atom. The monoisotopic (exact) mass is 290 g/mol. The molecule has 6 heteroatoms. The number of benzene rings is 1. The van der Waals surface area contributed by atoms with Crippen molar-refractivity contribution in [3.05, 3.63) is 41.7 Å². The Bertz CT molecular complexity index is 590. The maximum atomic E-state index is 5.00. The van der Waals surface area contributed by atoms with Crippen LogP contribution in [0.1, 0.15) is 11.4 Å². The lowest BCUT2D eigenvalue weighted by molar-refractivity contribution is 1.07. The van der Waals surface area contributed by atoms with Crippen molar-refractivity contribution in [3.8, 4) is 11.4 Å². The maximum absolute atomic E-state index is 5.00. The predicted molar refractivity (Wildman–Crippen MR) is 85.6 cm³/mol. The molecule has 0 saturated carbocycles. The van der Waals surface area contributed by atoms with Gasteiger partial charge in [0.15, 0.2) is 4.32 Å². The smallest absolute Gasteiger partial charge is 0.153 e. The van der Waals surface area contributed by atoms with Crippen LogP contribution in [-0.2, 0) is 0 Å². The number of thioether (sulfide) groups is 1. The first-order chi connectivity index (χ1) is 9.20. The zero-order valence-electron chi connectivity index (χ0n) is 10.7. The topological polar surface area (TPSA) is 53.1 Å². The quantitative estimate of drug-likeness (QED) is 0.518. The second kappa shape index (κ2) is 6.49. The number of nitrogens with one attached hydrogen (secondary N) is 2. The summed E-state index contributed by atoms with van der Waals surface area (Å²) in [6.07, 6.45) is 3.57. The van der Waals surface area contributed by atoms with Crippen molar-refractivity contribution in [3.63, 3.8) is 0 Å². The zero-order valence-corrected chi connectivity index (χ0v) is 12.3. The van der Waals surface area contributed by atoms with Crippen molar-refractivity contribution in [1.82, 2.24) is 15.4 Å². The van der Waals surface area contributed by atoms with Crippen LogP contribution in [-0.4, -0.2) is 26.8 Å². The summed E-state index contributed by atoms with van der Waals surface area (Å²) in [5, 5.41) is 4.06. The Balaban J connectivity index is 2.16. The Hall–Kier alpha value is -1.66. The highest BCUT2D eigenvalue weighted by molar-refractivity contribution is 8.22. The van der Waals surface area contributed by atoms with Gasteiger partial charge in [-0.1, -0.05) is 54.3 Å². The zero-order chi connectivity index (χ0) is 13.7. The molecule has 19 heavy (non-hydrogen) atoms. The van der Waals surface area contributed by atoms with Gasteiger partial charge in [-0.15, -0.1) is 0 Å². The molecular weight excluding hydrogens is 276 g/mol. The molecule has 0 aliphatic carbocycles. The van der Waals surface area contributed by atoms with Gasteiger partial charge in [0.2, 0.25) is 0 Å². The van der Waals surface area contributed by atoms with E-state index in [4.69, 9.17) is 12.2 Å². The van der Waals surface area contributed by atoms with Gasteiger partial charge >= 0.3 is 0 Å². The summed E-state index contributed by atoms with van der Waals surface area (Å²) in [4.78, 5) is 7.75. The normalized spacial score (nSPS) is 10.8. The van der Waals surface area contributed by atoms with Gasteiger partial charge in [0, 0.05) is 11.3 Å². The summed E-state index contributed by atoms with van der Waals surface area (Å²) in [5.74, 6) is 0.840. The van der Waals surface area contributed by atoms with Crippen LogP contribution >= 0.6 is 24.0 Å². The minimum atomic E-state index is 0.632. The van der Waals surface area contributed by atoms with Crippen LogP contribution in [0.3, 0.4) is 0 Å². The minimum absolute atomic E-state index is 0.632. The van der Waals surface area contributed by atoms with Crippen molar-refractivity contribution in [1.29, 1.82) is 0 Å². The van der Waals surface area contributed by atoms with Crippen molar-refractivity contribution in [2.45, 2.75) is 6.92 Å². The number of hydrogen-bond donors (Lipinski definition) is 2. The van der Waals surface area contributed by atoms with E-state index in [1.165, 1.54) is 11.8 Å². The van der Waals surface area contributed by atoms with Crippen LogP contribution in [0, 0.1) is 6.92 Å². The molecule has 1 aromatic heterocycles. The molecule has 2 aromatic rings. The highest BCUT2D eigenvalue weighted by Crippen LogP contribution is 2.16. The third-order valence-electron chi connectivity index (χ3n) is 2.50. The van der Waals surface area contributed by atoms with Gasteiger partial charge in [0.05, 0.1) is 6.21 Å². The average molecular weight is 290 g/mol. The van der Waals surface area contributed by atoms with Gasteiger partial charge in [-0.3, -0.25) is 5.43 Å². The third kappa shape index (κ3) is 3.65. The molecule has 0 spiro atoms. The van der Waals surface area contributed by atoms with Crippen LogP contribution in [0.2, 0.25) is 0 Å².